The molecule has 0 bridgehead atoms. The molecule has 122 valence electrons. The second-order valence-corrected chi connectivity index (χ2v) is 10.0. The van der Waals surface area contributed by atoms with Gasteiger partial charge in [-0.1, -0.05) is 75.5 Å². The summed E-state index contributed by atoms with van der Waals surface area (Å²) in [5.74, 6) is 0.106. The lowest BCUT2D eigenvalue weighted by Crippen LogP contribution is -2.40. The first-order chi connectivity index (χ1) is 9.78. The monoisotopic (exact) mass is 360 g/mol. The van der Waals surface area contributed by atoms with Gasteiger partial charge in [-0.25, -0.2) is 0 Å². The van der Waals surface area contributed by atoms with Crippen LogP contribution in [0.2, 0.25) is 0 Å². The highest BCUT2D eigenvalue weighted by Crippen LogP contribution is 2.50. The minimum atomic E-state index is -1.92. The van der Waals surface area contributed by atoms with Crippen molar-refractivity contribution in [3.63, 3.8) is 0 Å². The van der Waals surface area contributed by atoms with Crippen molar-refractivity contribution in [1.29, 1.82) is 0 Å². The van der Waals surface area contributed by atoms with Crippen molar-refractivity contribution < 1.29 is 4.79 Å². The fourth-order valence-corrected chi connectivity index (χ4v) is 3.90. The number of fused-ring (bicyclic) bond motifs is 1. The van der Waals surface area contributed by atoms with Crippen molar-refractivity contribution in [1.82, 2.24) is 0 Å². The Balaban J connectivity index is 2.71. The number of alkyl halides is 3. The second kappa shape index (κ2) is 5.40. The van der Waals surface area contributed by atoms with Crippen molar-refractivity contribution >= 4 is 40.6 Å². The van der Waals surface area contributed by atoms with Crippen molar-refractivity contribution in [2.24, 2.45) is 5.92 Å². The summed E-state index contributed by atoms with van der Waals surface area (Å²) >= 11 is 17.4. The number of hydrogen-bond acceptors (Lipinski definition) is 1. The molecule has 4 heteroatoms. The van der Waals surface area contributed by atoms with E-state index < -0.39 is 9.58 Å². The van der Waals surface area contributed by atoms with Gasteiger partial charge in [0.2, 0.25) is 5.78 Å². The third-order valence-corrected chi connectivity index (χ3v) is 5.85. The molecule has 1 unspecified atom stereocenters. The number of aryl methyl sites for hydroxylation is 1. The molecule has 0 amide bonds. The largest absolute Gasteiger partial charge is 0.289 e. The van der Waals surface area contributed by atoms with Crippen molar-refractivity contribution in [3.05, 3.63) is 34.4 Å². The molecular formula is C18H23Cl3O. The van der Waals surface area contributed by atoms with Crippen LogP contribution in [-0.4, -0.2) is 9.58 Å². The Morgan fingerprint density at radius 2 is 1.68 bits per heavy atom. The molecule has 0 aromatic heterocycles. The highest BCUT2D eigenvalue weighted by atomic mass is 35.6. The number of carbonyl (C=O) groups is 1. The number of halogens is 3. The summed E-state index contributed by atoms with van der Waals surface area (Å²) in [4.78, 5) is 12.4. The summed E-state index contributed by atoms with van der Waals surface area (Å²) in [6.45, 7) is 13.2. The second-order valence-electron chi connectivity index (χ2n) is 7.75. The Morgan fingerprint density at radius 3 is 2.18 bits per heavy atom. The molecule has 0 heterocycles. The Morgan fingerprint density at radius 1 is 1.14 bits per heavy atom. The summed E-state index contributed by atoms with van der Waals surface area (Å²) in [5.41, 5.74) is 3.94. The van der Waals surface area contributed by atoms with Crippen LogP contribution in [0.4, 0.5) is 0 Å². The van der Waals surface area contributed by atoms with Gasteiger partial charge in [0.05, 0.1) is 0 Å². The number of hydrogen-bond donors (Lipinski definition) is 0. The lowest BCUT2D eigenvalue weighted by molar-refractivity contribution is 0.0995. The van der Waals surface area contributed by atoms with Gasteiger partial charge < -0.3 is 0 Å². The first-order valence-electron chi connectivity index (χ1n) is 7.55. The lowest BCUT2D eigenvalue weighted by Gasteiger charge is -2.47. The molecule has 0 saturated carbocycles. The van der Waals surface area contributed by atoms with Crippen LogP contribution >= 0.6 is 34.8 Å². The molecule has 1 aliphatic carbocycles. The zero-order valence-corrected chi connectivity index (χ0v) is 16.2. The molecule has 1 aromatic carbocycles. The molecule has 0 aliphatic heterocycles. The van der Waals surface area contributed by atoms with Crippen molar-refractivity contribution in [2.75, 3.05) is 0 Å². The Labute approximate surface area is 148 Å². The molecule has 1 aromatic rings. The van der Waals surface area contributed by atoms with Gasteiger partial charge in [-0.2, -0.15) is 0 Å². The van der Waals surface area contributed by atoms with Gasteiger partial charge in [0.1, 0.15) is 0 Å². The Hall–Kier alpha value is -0.240. The molecule has 0 N–H and O–H groups in total. The van der Waals surface area contributed by atoms with Gasteiger partial charge in [-0.05, 0) is 52.8 Å². The van der Waals surface area contributed by atoms with Crippen LogP contribution in [0.25, 0.3) is 0 Å². The van der Waals surface area contributed by atoms with Gasteiger partial charge >= 0.3 is 0 Å². The van der Waals surface area contributed by atoms with E-state index in [-0.39, 0.29) is 10.8 Å². The molecule has 1 atom stereocenters. The minimum absolute atomic E-state index is 0.000594. The third-order valence-electron chi connectivity index (χ3n) is 5.34. The van der Waals surface area contributed by atoms with Crippen LogP contribution in [0.3, 0.4) is 0 Å². The van der Waals surface area contributed by atoms with Gasteiger partial charge in [-0.3, -0.25) is 4.79 Å². The Kier molecular flexibility index (Phi) is 4.44. The predicted octanol–water partition coefficient (Wildman–Crippen LogP) is 6.14. The van der Waals surface area contributed by atoms with Crippen molar-refractivity contribution in [2.45, 2.75) is 62.6 Å². The number of benzene rings is 1. The van der Waals surface area contributed by atoms with Gasteiger partial charge in [0, 0.05) is 5.56 Å². The van der Waals surface area contributed by atoms with E-state index in [1.54, 1.807) is 0 Å². The highest BCUT2D eigenvalue weighted by molar-refractivity contribution is 6.77. The summed E-state index contributed by atoms with van der Waals surface area (Å²) in [6, 6.07) is 4.05. The van der Waals surface area contributed by atoms with E-state index >= 15 is 0 Å². The third kappa shape index (κ3) is 2.92. The molecule has 0 radical (unpaired) electrons. The summed E-state index contributed by atoms with van der Waals surface area (Å²) in [6.07, 6.45) is 1.07. The Bertz CT molecular complexity index is 624. The fourth-order valence-electron chi connectivity index (χ4n) is 3.59. The van der Waals surface area contributed by atoms with Crippen LogP contribution in [-0.2, 0) is 10.8 Å². The van der Waals surface area contributed by atoms with Gasteiger partial charge in [0.25, 0.3) is 3.79 Å². The van der Waals surface area contributed by atoms with Crippen LogP contribution in [0, 0.1) is 12.8 Å². The normalized spacial score (nSPS) is 23.0. The molecule has 1 nitrogen and oxygen atoms in total. The van der Waals surface area contributed by atoms with E-state index in [2.05, 4.69) is 40.7 Å². The van der Waals surface area contributed by atoms with E-state index in [1.807, 2.05) is 13.0 Å². The number of rotatable bonds is 1. The lowest BCUT2D eigenvalue weighted by atomic mass is 9.58. The molecule has 0 spiro atoms. The maximum Gasteiger partial charge on any atom is 0.253 e. The van der Waals surface area contributed by atoms with E-state index in [9.17, 15) is 4.79 Å². The maximum absolute atomic E-state index is 12.4. The summed E-state index contributed by atoms with van der Waals surface area (Å²) in [5, 5.41) is 0. The first kappa shape index (κ1) is 18.1. The number of ketones is 1. The molecular weight excluding hydrogens is 339 g/mol. The number of Topliss-reactive ketones (excluding diaryl/α,β-unsaturated/α-hetero) is 1. The van der Waals surface area contributed by atoms with Gasteiger partial charge in [-0.15, -0.1) is 0 Å². The van der Waals surface area contributed by atoms with E-state index in [1.165, 1.54) is 11.1 Å². The zero-order chi connectivity index (χ0) is 17.1. The fraction of sp³-hybridized carbons (Fsp3) is 0.611. The molecule has 2 rings (SSSR count). The first-order valence-corrected chi connectivity index (χ1v) is 8.69. The van der Waals surface area contributed by atoms with Crippen LogP contribution in [0.15, 0.2) is 12.1 Å². The standard InChI is InChI=1S/C18H23Cl3O/c1-10-7-14-13(8-12(10)15(22)18(19,20)21)16(3,4)9-11(2)17(14,5)6/h7-8,11H,9H2,1-6H3. The maximum atomic E-state index is 12.4. The van der Waals surface area contributed by atoms with Crippen LogP contribution < -0.4 is 0 Å². The zero-order valence-electron chi connectivity index (χ0n) is 14.0. The van der Waals surface area contributed by atoms with Crippen LogP contribution in [0.1, 0.15) is 68.1 Å². The SMILES string of the molecule is Cc1cc2c(cc1C(=O)C(Cl)(Cl)Cl)C(C)(C)CC(C)C2(C)C. The molecule has 0 fully saturated rings. The summed E-state index contributed by atoms with van der Waals surface area (Å²) < 4.78 is -1.92. The van der Waals surface area contributed by atoms with Crippen molar-refractivity contribution in [3.8, 4) is 0 Å². The average Bonchev–Trinajstić information content (AvgIpc) is 2.34. The van der Waals surface area contributed by atoms with Gasteiger partial charge in [0.15, 0.2) is 0 Å². The number of carbonyl (C=O) groups excluding carboxylic acids is 1. The van der Waals surface area contributed by atoms with E-state index in [0.717, 1.165) is 12.0 Å². The molecule has 1 aliphatic rings. The molecule has 0 saturated heterocycles. The molecule has 22 heavy (non-hydrogen) atoms. The quantitative estimate of drug-likeness (QED) is 0.433. The predicted molar refractivity (Wildman–Crippen MR) is 95.6 cm³/mol. The van der Waals surface area contributed by atoms with E-state index in [0.29, 0.717) is 11.5 Å². The highest BCUT2D eigenvalue weighted by Gasteiger charge is 2.43. The topological polar surface area (TPSA) is 17.1 Å². The van der Waals surface area contributed by atoms with Crippen LogP contribution in [0.5, 0.6) is 0 Å². The average molecular weight is 362 g/mol. The summed E-state index contributed by atoms with van der Waals surface area (Å²) in [7, 11) is 0. The minimum Gasteiger partial charge on any atom is -0.289 e. The van der Waals surface area contributed by atoms with E-state index in [4.69, 9.17) is 34.8 Å². The smallest absolute Gasteiger partial charge is 0.253 e.